The summed E-state index contributed by atoms with van der Waals surface area (Å²) in [6, 6.07) is 14.5. The van der Waals surface area contributed by atoms with Gasteiger partial charge >= 0.3 is 0 Å². The Morgan fingerprint density at radius 2 is 1.96 bits per heavy atom. The molecule has 27 heavy (non-hydrogen) atoms. The van der Waals surface area contributed by atoms with Crippen molar-refractivity contribution >= 4 is 16.7 Å². The number of piperidine rings is 1. The van der Waals surface area contributed by atoms with E-state index in [1.807, 2.05) is 23.1 Å². The Kier molecular flexibility index (Phi) is 4.90. The van der Waals surface area contributed by atoms with E-state index in [1.54, 1.807) is 12.4 Å². The van der Waals surface area contributed by atoms with Gasteiger partial charge < -0.3 is 10.6 Å². The molecular formula is C23H25N3O. The van der Waals surface area contributed by atoms with Crippen LogP contribution in [-0.2, 0) is 6.54 Å². The maximum absolute atomic E-state index is 13.2. The summed E-state index contributed by atoms with van der Waals surface area (Å²) in [6.45, 7) is 4.20. The molecule has 3 aromatic rings. The van der Waals surface area contributed by atoms with E-state index in [0.29, 0.717) is 12.5 Å². The number of benzene rings is 2. The van der Waals surface area contributed by atoms with Crippen molar-refractivity contribution in [2.75, 3.05) is 13.1 Å². The lowest BCUT2D eigenvalue weighted by Gasteiger charge is -2.32. The van der Waals surface area contributed by atoms with Crippen LogP contribution in [0.4, 0.5) is 0 Å². The van der Waals surface area contributed by atoms with Gasteiger partial charge in [0.15, 0.2) is 0 Å². The van der Waals surface area contributed by atoms with E-state index < -0.39 is 0 Å². The molecule has 1 aliphatic rings. The number of amides is 1. The molecule has 1 amide bonds. The minimum absolute atomic E-state index is 0.113. The normalized spacial score (nSPS) is 15.3. The number of nitrogens with two attached hydrogens (primary N) is 1. The highest BCUT2D eigenvalue weighted by molar-refractivity contribution is 6.07. The highest BCUT2D eigenvalue weighted by Gasteiger charge is 2.25. The van der Waals surface area contributed by atoms with Gasteiger partial charge in [-0.15, -0.1) is 0 Å². The smallest absolute Gasteiger partial charge is 0.254 e. The van der Waals surface area contributed by atoms with Crippen molar-refractivity contribution in [2.24, 2.45) is 5.73 Å². The summed E-state index contributed by atoms with van der Waals surface area (Å²) in [5.74, 6) is 0.610. The third-order valence-electron chi connectivity index (χ3n) is 5.71. The molecule has 0 unspecified atom stereocenters. The summed E-state index contributed by atoms with van der Waals surface area (Å²) < 4.78 is 0. The summed E-state index contributed by atoms with van der Waals surface area (Å²) >= 11 is 0. The van der Waals surface area contributed by atoms with Gasteiger partial charge in [0.1, 0.15) is 0 Å². The number of hydrogen-bond donors (Lipinski definition) is 1. The summed E-state index contributed by atoms with van der Waals surface area (Å²) in [4.78, 5) is 19.4. The molecule has 1 fully saturated rings. The van der Waals surface area contributed by atoms with E-state index in [2.05, 4.69) is 36.2 Å². The standard InChI is InChI=1S/C23H25N3O/c1-16-5-6-21(22-15-25-10-7-20(16)22)23(27)26-11-8-18(9-12-26)19-4-2-3-17(13-19)14-24/h2-7,10,13,15,18H,8-9,11-12,14,24H2,1H3. The lowest BCUT2D eigenvalue weighted by molar-refractivity contribution is 0.0715. The van der Waals surface area contributed by atoms with Crippen LogP contribution >= 0.6 is 0 Å². The van der Waals surface area contributed by atoms with Crippen molar-refractivity contribution in [1.29, 1.82) is 0 Å². The average molecular weight is 359 g/mol. The van der Waals surface area contributed by atoms with E-state index in [9.17, 15) is 4.79 Å². The van der Waals surface area contributed by atoms with Gasteiger partial charge in [-0.3, -0.25) is 9.78 Å². The maximum atomic E-state index is 13.2. The molecule has 4 nitrogen and oxygen atoms in total. The summed E-state index contributed by atoms with van der Waals surface area (Å²) in [6.07, 6.45) is 5.56. The predicted octanol–water partition coefficient (Wildman–Crippen LogP) is 4.02. The zero-order valence-corrected chi connectivity index (χ0v) is 15.7. The van der Waals surface area contributed by atoms with Gasteiger partial charge in [-0.05, 0) is 59.9 Å². The van der Waals surface area contributed by atoms with E-state index in [-0.39, 0.29) is 5.91 Å². The van der Waals surface area contributed by atoms with Crippen LogP contribution in [0.15, 0.2) is 54.9 Å². The first kappa shape index (κ1) is 17.7. The predicted molar refractivity (Wildman–Crippen MR) is 109 cm³/mol. The number of likely N-dealkylation sites (tertiary alicyclic amines) is 1. The van der Waals surface area contributed by atoms with Gasteiger partial charge in [-0.2, -0.15) is 0 Å². The van der Waals surface area contributed by atoms with Crippen LogP contribution in [0.1, 0.15) is 45.8 Å². The fourth-order valence-electron chi connectivity index (χ4n) is 4.09. The number of nitrogens with zero attached hydrogens (tertiary/aromatic N) is 2. The number of carbonyl (C=O) groups is 1. The highest BCUT2D eigenvalue weighted by Crippen LogP contribution is 2.30. The Morgan fingerprint density at radius 3 is 2.74 bits per heavy atom. The molecule has 2 heterocycles. The quantitative estimate of drug-likeness (QED) is 0.768. The average Bonchev–Trinajstić information content (AvgIpc) is 2.74. The van der Waals surface area contributed by atoms with Crippen LogP contribution in [0.25, 0.3) is 10.8 Å². The molecule has 0 radical (unpaired) electrons. The number of pyridine rings is 1. The highest BCUT2D eigenvalue weighted by atomic mass is 16.2. The van der Waals surface area contributed by atoms with Crippen molar-refractivity contribution in [3.8, 4) is 0 Å². The number of hydrogen-bond acceptors (Lipinski definition) is 3. The summed E-state index contributed by atoms with van der Waals surface area (Å²) in [5.41, 5.74) is 10.2. The molecule has 1 saturated heterocycles. The van der Waals surface area contributed by atoms with Crippen LogP contribution in [0.3, 0.4) is 0 Å². The number of rotatable bonds is 3. The van der Waals surface area contributed by atoms with Crippen molar-refractivity contribution in [1.82, 2.24) is 9.88 Å². The second-order valence-electron chi connectivity index (χ2n) is 7.37. The third kappa shape index (κ3) is 3.45. The molecule has 4 rings (SSSR count). The minimum atomic E-state index is 0.113. The maximum Gasteiger partial charge on any atom is 0.254 e. The molecule has 0 atom stereocenters. The summed E-state index contributed by atoms with van der Waals surface area (Å²) in [7, 11) is 0. The molecule has 2 aromatic carbocycles. The number of aryl methyl sites for hydroxylation is 1. The number of aromatic nitrogens is 1. The first-order chi connectivity index (χ1) is 13.2. The van der Waals surface area contributed by atoms with Crippen molar-refractivity contribution in [3.63, 3.8) is 0 Å². The van der Waals surface area contributed by atoms with Crippen LogP contribution in [-0.4, -0.2) is 28.9 Å². The van der Waals surface area contributed by atoms with Crippen LogP contribution in [0.5, 0.6) is 0 Å². The first-order valence-electron chi connectivity index (χ1n) is 9.59. The van der Waals surface area contributed by atoms with Crippen molar-refractivity contribution in [3.05, 3.63) is 77.1 Å². The Hall–Kier alpha value is -2.72. The van der Waals surface area contributed by atoms with Gasteiger partial charge in [-0.1, -0.05) is 30.3 Å². The fourth-order valence-corrected chi connectivity index (χ4v) is 4.09. The minimum Gasteiger partial charge on any atom is -0.339 e. The van der Waals surface area contributed by atoms with Gasteiger partial charge in [0.2, 0.25) is 0 Å². The Morgan fingerprint density at radius 1 is 1.15 bits per heavy atom. The van der Waals surface area contributed by atoms with E-state index in [0.717, 1.165) is 42.3 Å². The zero-order valence-electron chi connectivity index (χ0n) is 15.7. The van der Waals surface area contributed by atoms with E-state index in [1.165, 1.54) is 16.7 Å². The van der Waals surface area contributed by atoms with Crippen LogP contribution < -0.4 is 5.73 Å². The largest absolute Gasteiger partial charge is 0.339 e. The third-order valence-corrected chi connectivity index (χ3v) is 5.71. The van der Waals surface area contributed by atoms with Gasteiger partial charge in [0.25, 0.3) is 5.91 Å². The molecule has 0 aliphatic carbocycles. The SMILES string of the molecule is Cc1ccc(C(=O)N2CCC(c3cccc(CN)c3)CC2)c2cnccc12. The molecule has 1 aliphatic heterocycles. The molecule has 2 N–H and O–H groups in total. The van der Waals surface area contributed by atoms with Gasteiger partial charge in [-0.25, -0.2) is 0 Å². The van der Waals surface area contributed by atoms with Gasteiger partial charge in [0.05, 0.1) is 0 Å². The second-order valence-corrected chi connectivity index (χ2v) is 7.37. The monoisotopic (exact) mass is 359 g/mol. The van der Waals surface area contributed by atoms with E-state index in [4.69, 9.17) is 5.73 Å². The van der Waals surface area contributed by atoms with Crippen molar-refractivity contribution in [2.45, 2.75) is 32.2 Å². The Labute approximate surface area is 160 Å². The molecule has 0 saturated carbocycles. The molecule has 0 spiro atoms. The van der Waals surface area contributed by atoms with Gasteiger partial charge in [0, 0.05) is 43.0 Å². The molecule has 0 bridgehead atoms. The molecule has 4 heteroatoms. The Bertz CT molecular complexity index is 974. The van der Waals surface area contributed by atoms with Crippen molar-refractivity contribution < 1.29 is 4.79 Å². The topological polar surface area (TPSA) is 59.2 Å². The van der Waals surface area contributed by atoms with Crippen LogP contribution in [0, 0.1) is 6.92 Å². The number of fused-ring (bicyclic) bond motifs is 1. The molecule has 1 aromatic heterocycles. The lowest BCUT2D eigenvalue weighted by atomic mass is 9.88. The summed E-state index contributed by atoms with van der Waals surface area (Å²) in [5, 5.41) is 2.05. The molecule has 138 valence electrons. The second kappa shape index (κ2) is 7.49. The van der Waals surface area contributed by atoms with E-state index >= 15 is 0 Å². The Balaban J connectivity index is 1.52. The van der Waals surface area contributed by atoms with Crippen LogP contribution in [0.2, 0.25) is 0 Å². The lowest BCUT2D eigenvalue weighted by Crippen LogP contribution is -2.38. The fraction of sp³-hybridized carbons (Fsp3) is 0.304. The number of carbonyl (C=O) groups excluding carboxylic acids is 1. The molecular weight excluding hydrogens is 334 g/mol. The first-order valence-corrected chi connectivity index (χ1v) is 9.59. The zero-order chi connectivity index (χ0) is 18.8.